The summed E-state index contributed by atoms with van der Waals surface area (Å²) in [5, 5.41) is 1.32. The Labute approximate surface area is 149 Å². The fraction of sp³-hybridized carbons (Fsp3) is 0.292. The van der Waals surface area contributed by atoms with E-state index in [2.05, 4.69) is 92.1 Å². The minimum absolute atomic E-state index is 0.0419. The minimum Gasteiger partial charge on any atom is -0.181 e. The molecule has 1 aliphatic carbocycles. The Hall–Kier alpha value is -2.41. The van der Waals surface area contributed by atoms with Gasteiger partial charge in [0.05, 0.1) is 11.0 Å². The highest BCUT2D eigenvalue weighted by molar-refractivity contribution is 5.80. The lowest BCUT2D eigenvalue weighted by atomic mass is 9.52. The number of rotatable bonds is 2. The van der Waals surface area contributed by atoms with Crippen LogP contribution in [0.4, 0.5) is 0 Å². The number of aryl methyl sites for hydroxylation is 1. The minimum atomic E-state index is 0.0419. The molecule has 2 unspecified atom stereocenters. The van der Waals surface area contributed by atoms with Gasteiger partial charge in [0, 0.05) is 23.9 Å². The molecular weight excluding hydrogens is 302 g/mol. The molecule has 0 radical (unpaired) electrons. The molecule has 0 fully saturated rings. The van der Waals surface area contributed by atoms with Gasteiger partial charge >= 0.3 is 0 Å². The van der Waals surface area contributed by atoms with Gasteiger partial charge in [-0.2, -0.15) is 4.57 Å². The van der Waals surface area contributed by atoms with Crippen molar-refractivity contribution in [3.05, 3.63) is 77.9 Å². The molecule has 1 aliphatic heterocycles. The van der Waals surface area contributed by atoms with Gasteiger partial charge in [0.15, 0.2) is 5.54 Å². The third kappa shape index (κ3) is 1.57. The Morgan fingerprint density at radius 2 is 1.72 bits per heavy atom. The molecule has 1 nitrogen and oxygen atoms in total. The molecule has 25 heavy (non-hydrogen) atoms. The highest BCUT2D eigenvalue weighted by Crippen LogP contribution is 2.57. The zero-order chi connectivity index (χ0) is 17.2. The lowest BCUT2D eigenvalue weighted by molar-refractivity contribution is -0.736. The van der Waals surface area contributed by atoms with Gasteiger partial charge in [0.1, 0.15) is 0 Å². The normalized spacial score (nSPS) is 25.9. The number of para-hydroxylation sites is 1. The van der Waals surface area contributed by atoms with Crippen LogP contribution in [0, 0.1) is 6.92 Å². The van der Waals surface area contributed by atoms with Crippen molar-refractivity contribution in [2.75, 3.05) is 0 Å². The number of benzene rings is 2. The van der Waals surface area contributed by atoms with Crippen LogP contribution in [0.5, 0.6) is 0 Å². The zero-order valence-corrected chi connectivity index (χ0v) is 15.2. The standard InChI is InChI=1S/C24H24N/c1-4-23-14-15-24(23,5-2)25-21-9-7-6-8-18(21)11-13-22(25)19-16-17(3)10-12-20(19)23/h6-16H,4-5H2,1-3H3/q+1. The maximum absolute atomic E-state index is 2.63. The zero-order valence-electron chi connectivity index (χ0n) is 15.2. The van der Waals surface area contributed by atoms with E-state index in [0.717, 1.165) is 12.8 Å². The maximum Gasteiger partial charge on any atom is 0.214 e. The molecular formula is C24H24N+. The first-order chi connectivity index (χ1) is 12.2. The second kappa shape index (κ2) is 4.82. The quantitative estimate of drug-likeness (QED) is 0.436. The Bertz CT molecular complexity index is 1050. The molecule has 0 N–H and O–H groups in total. The summed E-state index contributed by atoms with van der Waals surface area (Å²) in [5.74, 6) is 0. The highest BCUT2D eigenvalue weighted by atomic mass is 15.1. The molecule has 2 atom stereocenters. The number of nitrogens with zero attached hydrogens (tertiary/aromatic N) is 1. The van der Waals surface area contributed by atoms with Gasteiger partial charge < -0.3 is 0 Å². The lowest BCUT2D eigenvalue weighted by Crippen LogP contribution is -2.72. The van der Waals surface area contributed by atoms with Crippen LogP contribution in [0.2, 0.25) is 0 Å². The monoisotopic (exact) mass is 326 g/mol. The second-order valence-corrected chi connectivity index (χ2v) is 7.60. The van der Waals surface area contributed by atoms with Gasteiger partial charge in [-0.3, -0.25) is 0 Å². The molecule has 124 valence electrons. The predicted octanol–water partition coefficient (Wildman–Crippen LogP) is 5.44. The summed E-state index contributed by atoms with van der Waals surface area (Å²) in [6.07, 6.45) is 7.15. The molecule has 1 heteroatoms. The summed E-state index contributed by atoms with van der Waals surface area (Å²) in [4.78, 5) is 0. The third-order valence-electron chi connectivity index (χ3n) is 6.68. The van der Waals surface area contributed by atoms with E-state index < -0.39 is 0 Å². The number of pyridine rings is 1. The van der Waals surface area contributed by atoms with Crippen molar-refractivity contribution >= 4 is 10.9 Å². The van der Waals surface area contributed by atoms with Gasteiger partial charge in [-0.15, -0.1) is 0 Å². The Morgan fingerprint density at radius 3 is 2.44 bits per heavy atom. The molecule has 2 heterocycles. The van der Waals surface area contributed by atoms with E-state index >= 15 is 0 Å². The van der Waals surface area contributed by atoms with E-state index in [-0.39, 0.29) is 11.0 Å². The van der Waals surface area contributed by atoms with Crippen LogP contribution < -0.4 is 4.57 Å². The van der Waals surface area contributed by atoms with Crippen LogP contribution >= 0.6 is 0 Å². The first kappa shape index (κ1) is 14.9. The van der Waals surface area contributed by atoms with Crippen LogP contribution in [-0.4, -0.2) is 0 Å². The first-order valence-corrected chi connectivity index (χ1v) is 9.43. The molecule has 1 aromatic heterocycles. The van der Waals surface area contributed by atoms with Gasteiger partial charge in [-0.1, -0.05) is 49.8 Å². The van der Waals surface area contributed by atoms with Crippen molar-refractivity contribution in [1.29, 1.82) is 0 Å². The van der Waals surface area contributed by atoms with E-state index in [1.165, 1.54) is 33.3 Å². The predicted molar refractivity (Wildman–Crippen MR) is 104 cm³/mol. The highest BCUT2D eigenvalue weighted by Gasteiger charge is 2.64. The topological polar surface area (TPSA) is 3.88 Å². The van der Waals surface area contributed by atoms with Crippen LogP contribution in [0.1, 0.15) is 37.8 Å². The molecule has 0 saturated carbocycles. The summed E-state index contributed by atoms with van der Waals surface area (Å²) in [6.45, 7) is 6.88. The fourth-order valence-electron chi connectivity index (χ4n) is 5.38. The van der Waals surface area contributed by atoms with Gasteiger partial charge in [-0.05, 0) is 43.2 Å². The number of hydrogen-bond donors (Lipinski definition) is 0. The number of aromatic nitrogens is 1. The van der Waals surface area contributed by atoms with Crippen LogP contribution in [-0.2, 0) is 11.0 Å². The van der Waals surface area contributed by atoms with Crippen molar-refractivity contribution in [3.8, 4) is 11.3 Å². The van der Waals surface area contributed by atoms with Crippen LogP contribution in [0.25, 0.3) is 22.2 Å². The van der Waals surface area contributed by atoms with Crippen LogP contribution in [0.3, 0.4) is 0 Å². The Balaban J connectivity index is 2.00. The average Bonchev–Trinajstić information content (AvgIpc) is 2.63. The van der Waals surface area contributed by atoms with E-state index in [1.54, 1.807) is 0 Å². The van der Waals surface area contributed by atoms with E-state index in [1.807, 2.05) is 0 Å². The van der Waals surface area contributed by atoms with Crippen molar-refractivity contribution in [2.45, 2.75) is 44.6 Å². The number of hydrogen-bond acceptors (Lipinski definition) is 0. The molecule has 2 aromatic carbocycles. The number of allylic oxidation sites excluding steroid dienone is 2. The molecule has 2 aliphatic rings. The fourth-order valence-corrected chi connectivity index (χ4v) is 5.38. The smallest absolute Gasteiger partial charge is 0.181 e. The molecule has 3 aromatic rings. The van der Waals surface area contributed by atoms with Crippen molar-refractivity contribution in [2.24, 2.45) is 0 Å². The Morgan fingerprint density at radius 1 is 0.880 bits per heavy atom. The van der Waals surface area contributed by atoms with E-state index in [4.69, 9.17) is 0 Å². The van der Waals surface area contributed by atoms with E-state index in [9.17, 15) is 0 Å². The molecule has 0 spiro atoms. The van der Waals surface area contributed by atoms with Gasteiger partial charge in [-0.25, -0.2) is 0 Å². The molecule has 0 saturated heterocycles. The van der Waals surface area contributed by atoms with Gasteiger partial charge in [0.2, 0.25) is 11.2 Å². The summed E-state index contributed by atoms with van der Waals surface area (Å²) >= 11 is 0. The SMILES string of the molecule is CCC12C=CC1(CC)[n+]1c(ccc3ccccc31)-c1cc(C)ccc12. The Kier molecular flexibility index (Phi) is 2.87. The van der Waals surface area contributed by atoms with Crippen molar-refractivity contribution < 1.29 is 4.57 Å². The van der Waals surface area contributed by atoms with Crippen molar-refractivity contribution in [1.82, 2.24) is 0 Å². The maximum atomic E-state index is 2.63. The molecule has 5 rings (SSSR count). The van der Waals surface area contributed by atoms with E-state index in [0.29, 0.717) is 0 Å². The first-order valence-electron chi connectivity index (χ1n) is 9.43. The molecule has 0 amide bonds. The largest absolute Gasteiger partial charge is 0.214 e. The summed E-state index contributed by atoms with van der Waals surface area (Å²) in [6, 6.07) is 20.4. The summed E-state index contributed by atoms with van der Waals surface area (Å²) < 4.78 is 2.63. The van der Waals surface area contributed by atoms with Gasteiger partial charge in [0.25, 0.3) is 0 Å². The summed E-state index contributed by atoms with van der Waals surface area (Å²) in [7, 11) is 0. The van der Waals surface area contributed by atoms with Crippen molar-refractivity contribution in [3.63, 3.8) is 0 Å². The second-order valence-electron chi connectivity index (χ2n) is 7.60. The third-order valence-corrected chi connectivity index (χ3v) is 6.68. The van der Waals surface area contributed by atoms with Crippen LogP contribution in [0.15, 0.2) is 66.7 Å². The summed E-state index contributed by atoms with van der Waals surface area (Å²) in [5.41, 5.74) is 7.08. The number of fused-ring (bicyclic) bond motifs is 8. The molecule has 0 bridgehead atoms. The average molecular weight is 326 g/mol. The lowest BCUT2D eigenvalue weighted by Gasteiger charge is -2.52.